The molecule has 0 aliphatic carbocycles. The predicted octanol–water partition coefficient (Wildman–Crippen LogP) is 4.36. The van der Waals surface area contributed by atoms with Crippen molar-refractivity contribution in [3.63, 3.8) is 0 Å². The summed E-state index contributed by atoms with van der Waals surface area (Å²) in [5.41, 5.74) is 6.39. The molecule has 1 aromatic rings. The Bertz CT molecular complexity index is 638. The molecule has 0 amide bonds. The number of hydrogen-bond donors (Lipinski definition) is 0. The van der Waals surface area contributed by atoms with Crippen LogP contribution in [0.25, 0.3) is 0 Å². The van der Waals surface area contributed by atoms with Gasteiger partial charge in [0.1, 0.15) is 5.82 Å². The van der Waals surface area contributed by atoms with Crippen LogP contribution in [0.3, 0.4) is 0 Å². The van der Waals surface area contributed by atoms with Crippen LogP contribution in [0.5, 0.6) is 0 Å². The van der Waals surface area contributed by atoms with Crippen molar-refractivity contribution in [2.24, 2.45) is 4.99 Å². The topological polar surface area (TPSA) is 18.8 Å². The Morgan fingerprint density at radius 1 is 1.10 bits per heavy atom. The third-order valence-corrected chi connectivity index (χ3v) is 4.00. The smallest absolute Gasteiger partial charge is 0.110 e. The van der Waals surface area contributed by atoms with E-state index in [4.69, 9.17) is 0 Å². The third kappa shape index (κ3) is 2.05. The van der Waals surface area contributed by atoms with Gasteiger partial charge < -0.3 is 4.90 Å². The predicted molar refractivity (Wildman–Crippen MR) is 87.3 cm³/mol. The minimum atomic E-state index is 0.872. The van der Waals surface area contributed by atoms with Crippen LogP contribution in [-0.2, 0) is 0 Å². The normalized spacial score (nSPS) is 16.0. The molecule has 1 aromatic carbocycles. The molecule has 0 N–H and O–H groups in total. The van der Waals surface area contributed by atoms with Crippen LogP contribution in [0, 0.1) is 6.92 Å². The van der Waals surface area contributed by atoms with E-state index in [1.807, 2.05) is 25.2 Å². The molecule has 2 rings (SSSR count). The van der Waals surface area contributed by atoms with Gasteiger partial charge in [0.25, 0.3) is 0 Å². The van der Waals surface area contributed by atoms with E-state index in [1.54, 1.807) is 0 Å². The van der Waals surface area contributed by atoms with Crippen LogP contribution in [0.2, 0.25) is 0 Å². The van der Waals surface area contributed by atoms with E-state index in [0.29, 0.717) is 0 Å². The molecule has 20 heavy (non-hydrogen) atoms. The van der Waals surface area contributed by atoms with Gasteiger partial charge in [0.15, 0.2) is 0 Å². The fourth-order valence-electron chi connectivity index (χ4n) is 2.40. The van der Waals surface area contributed by atoms with Crippen LogP contribution in [0.4, 0.5) is 11.4 Å². The number of rotatable bonds is 2. The fourth-order valence-corrected chi connectivity index (χ4v) is 2.40. The number of benzene rings is 1. The molecule has 0 saturated heterocycles. The van der Waals surface area contributed by atoms with Gasteiger partial charge in [-0.3, -0.25) is 9.89 Å². The molecule has 1 aliphatic heterocycles. The molecule has 0 saturated carbocycles. The highest BCUT2D eigenvalue weighted by Crippen LogP contribution is 2.37. The second kappa shape index (κ2) is 5.00. The minimum absolute atomic E-state index is 0.872. The zero-order valence-corrected chi connectivity index (χ0v) is 12.7. The van der Waals surface area contributed by atoms with Crippen LogP contribution < -0.4 is 4.90 Å². The third-order valence-electron chi connectivity index (χ3n) is 4.00. The van der Waals surface area contributed by atoms with Gasteiger partial charge in [-0.2, -0.15) is 0 Å². The number of aryl methyl sites for hydroxylation is 1. The number of hydrogen-bond acceptors (Lipinski definition) is 3. The van der Waals surface area contributed by atoms with Crippen molar-refractivity contribution in [3.8, 4) is 0 Å². The van der Waals surface area contributed by atoms with Gasteiger partial charge in [-0.1, -0.05) is 13.2 Å². The molecule has 104 valence electrons. The fraction of sp³-hybridized carbons (Fsp3) is 0.235. The summed E-state index contributed by atoms with van der Waals surface area (Å²) in [6.45, 7) is 18.2. The number of aliphatic imine (C=N–C) groups is 1. The molecular formula is C17H21N3. The van der Waals surface area contributed by atoms with E-state index >= 15 is 0 Å². The average Bonchev–Trinajstić information content (AvgIpc) is 2.44. The molecule has 1 heterocycles. The number of allylic oxidation sites excluding steroid dienone is 2. The average molecular weight is 267 g/mol. The van der Waals surface area contributed by atoms with Gasteiger partial charge >= 0.3 is 0 Å². The monoisotopic (exact) mass is 267 g/mol. The van der Waals surface area contributed by atoms with Crippen molar-refractivity contribution in [1.82, 2.24) is 4.90 Å². The summed E-state index contributed by atoms with van der Waals surface area (Å²) in [7, 11) is 2.02. The van der Waals surface area contributed by atoms with Crippen LogP contribution in [0.1, 0.15) is 19.4 Å². The summed E-state index contributed by atoms with van der Waals surface area (Å²) in [6, 6.07) is 6.01. The van der Waals surface area contributed by atoms with Gasteiger partial charge in [0, 0.05) is 18.4 Å². The lowest BCUT2D eigenvalue weighted by molar-refractivity contribution is 0.487. The lowest BCUT2D eigenvalue weighted by Gasteiger charge is -2.41. The molecule has 0 atom stereocenters. The first-order valence-corrected chi connectivity index (χ1v) is 6.55. The second-order valence-corrected chi connectivity index (χ2v) is 5.10. The zero-order valence-electron chi connectivity index (χ0n) is 12.7. The Labute approximate surface area is 121 Å². The summed E-state index contributed by atoms with van der Waals surface area (Å²) in [6.07, 6.45) is 0. The van der Waals surface area contributed by atoms with Crippen molar-refractivity contribution in [3.05, 3.63) is 59.7 Å². The standard InChI is InChI=1S/C17H21N3/c1-11-10-16(18-6)8-9-17(11)20-14(4)12(2)13(3)19(7)15(20)5/h8-10H,4-6H2,1-3,7H3. The molecule has 0 fully saturated rings. The van der Waals surface area contributed by atoms with Crippen LogP contribution in [0.15, 0.2) is 59.1 Å². The minimum Gasteiger partial charge on any atom is -0.335 e. The highest BCUT2D eigenvalue weighted by Gasteiger charge is 2.26. The molecular weight excluding hydrogens is 246 g/mol. The molecule has 3 heteroatoms. The summed E-state index contributed by atoms with van der Waals surface area (Å²) in [5.74, 6) is 0.903. The van der Waals surface area contributed by atoms with Gasteiger partial charge in [0.2, 0.25) is 0 Å². The molecule has 0 aromatic heterocycles. The van der Waals surface area contributed by atoms with E-state index in [0.717, 1.165) is 28.5 Å². The summed E-state index contributed by atoms with van der Waals surface area (Å²) >= 11 is 0. The van der Waals surface area contributed by atoms with Gasteiger partial charge in [0.05, 0.1) is 11.4 Å². The lowest BCUT2D eigenvalue weighted by Crippen LogP contribution is -2.36. The summed E-state index contributed by atoms with van der Waals surface area (Å²) in [4.78, 5) is 8.14. The molecule has 0 radical (unpaired) electrons. The first-order valence-electron chi connectivity index (χ1n) is 6.55. The molecule has 3 nitrogen and oxygen atoms in total. The van der Waals surface area contributed by atoms with E-state index in [-0.39, 0.29) is 0 Å². The van der Waals surface area contributed by atoms with Crippen LogP contribution >= 0.6 is 0 Å². The zero-order chi connectivity index (χ0) is 15.0. The Balaban J connectivity index is 2.55. The molecule has 1 aliphatic rings. The highest BCUT2D eigenvalue weighted by molar-refractivity contribution is 5.69. The summed E-state index contributed by atoms with van der Waals surface area (Å²) < 4.78 is 0. The van der Waals surface area contributed by atoms with E-state index < -0.39 is 0 Å². The van der Waals surface area contributed by atoms with Crippen molar-refractivity contribution < 1.29 is 0 Å². The van der Waals surface area contributed by atoms with Crippen molar-refractivity contribution in [1.29, 1.82) is 0 Å². The maximum atomic E-state index is 4.22. The first kappa shape index (κ1) is 14.1. The van der Waals surface area contributed by atoms with Crippen molar-refractivity contribution in [2.45, 2.75) is 20.8 Å². The van der Waals surface area contributed by atoms with Crippen LogP contribution in [-0.4, -0.2) is 18.7 Å². The molecule has 0 bridgehead atoms. The second-order valence-electron chi connectivity index (χ2n) is 5.10. The number of nitrogens with zero attached hydrogens (tertiary/aromatic N) is 3. The van der Waals surface area contributed by atoms with Crippen molar-refractivity contribution in [2.75, 3.05) is 11.9 Å². The first-order chi connectivity index (χ1) is 9.38. The Morgan fingerprint density at radius 3 is 2.30 bits per heavy atom. The SMILES string of the molecule is C=Nc1ccc(N2C(=C)C(C)=C(C)N(C)C2=C)c(C)c1. The quantitative estimate of drug-likeness (QED) is 0.741. The molecule has 0 spiro atoms. The maximum absolute atomic E-state index is 4.22. The van der Waals surface area contributed by atoms with Crippen molar-refractivity contribution >= 4 is 18.1 Å². The molecule has 0 unspecified atom stereocenters. The van der Waals surface area contributed by atoms with Gasteiger partial charge in [-0.05, 0) is 56.8 Å². The lowest BCUT2D eigenvalue weighted by atomic mass is 10.1. The largest absolute Gasteiger partial charge is 0.335 e. The maximum Gasteiger partial charge on any atom is 0.110 e. The number of anilines is 1. The van der Waals surface area contributed by atoms with E-state index in [2.05, 4.69) is 55.4 Å². The summed E-state index contributed by atoms with van der Waals surface area (Å²) in [5, 5.41) is 0. The van der Waals surface area contributed by atoms with Gasteiger partial charge in [-0.25, -0.2) is 0 Å². The van der Waals surface area contributed by atoms with E-state index in [9.17, 15) is 0 Å². The Morgan fingerprint density at radius 2 is 1.75 bits per heavy atom. The Kier molecular flexibility index (Phi) is 3.53. The Hall–Kier alpha value is -2.29. The van der Waals surface area contributed by atoms with Gasteiger partial charge in [-0.15, -0.1) is 0 Å². The van der Waals surface area contributed by atoms with E-state index in [1.165, 1.54) is 11.3 Å². The highest BCUT2D eigenvalue weighted by atomic mass is 15.3.